The lowest BCUT2D eigenvalue weighted by Gasteiger charge is -2.28. The highest BCUT2D eigenvalue weighted by Gasteiger charge is 2.20. The molecule has 0 amide bonds. The second-order valence-electron chi connectivity index (χ2n) is 7.33. The van der Waals surface area contributed by atoms with Crippen LogP contribution in [0.3, 0.4) is 0 Å². The van der Waals surface area contributed by atoms with Crippen LogP contribution in [0.1, 0.15) is 42.5 Å². The molecule has 0 spiro atoms. The van der Waals surface area contributed by atoms with Gasteiger partial charge in [-0.25, -0.2) is 9.97 Å². The fraction of sp³-hybridized carbons (Fsp3) is 0.429. The summed E-state index contributed by atoms with van der Waals surface area (Å²) in [4.78, 5) is 14.2. The minimum Gasteiger partial charge on any atom is -0.372 e. The van der Waals surface area contributed by atoms with Crippen molar-refractivity contribution < 1.29 is 0 Å². The summed E-state index contributed by atoms with van der Waals surface area (Å²) in [6.45, 7) is 2.36. The molecule has 0 radical (unpaired) electrons. The number of rotatable bonds is 3. The van der Waals surface area contributed by atoms with E-state index in [1.807, 2.05) is 11.3 Å². The van der Waals surface area contributed by atoms with Crippen molar-refractivity contribution in [2.45, 2.75) is 44.9 Å². The second-order valence-corrected chi connectivity index (χ2v) is 8.42. The molecule has 3 heterocycles. The normalized spacial score (nSPS) is 16.7. The van der Waals surface area contributed by atoms with Crippen molar-refractivity contribution >= 4 is 51.2 Å². The average Bonchev–Trinajstić information content (AvgIpc) is 3.09. The lowest BCUT2D eigenvalue weighted by molar-refractivity contribution is 0.578. The maximum atomic E-state index is 4.57. The molecule has 0 bridgehead atoms. The van der Waals surface area contributed by atoms with Gasteiger partial charge >= 0.3 is 0 Å². The summed E-state index contributed by atoms with van der Waals surface area (Å²) in [7, 11) is 0. The van der Waals surface area contributed by atoms with Gasteiger partial charge in [-0.3, -0.25) is 0 Å². The van der Waals surface area contributed by atoms with Crippen LogP contribution in [0.4, 0.5) is 17.2 Å². The Morgan fingerprint density at radius 2 is 1.67 bits per heavy atom. The predicted octanol–water partition coefficient (Wildman–Crippen LogP) is 5.73. The lowest BCUT2D eigenvalue weighted by atomic mass is 9.97. The van der Waals surface area contributed by atoms with E-state index in [-0.39, 0.29) is 12.4 Å². The third-order valence-electron chi connectivity index (χ3n) is 5.60. The molecule has 0 atom stereocenters. The molecule has 2 aliphatic rings. The molecule has 1 aliphatic carbocycles. The first kappa shape index (κ1) is 18.5. The van der Waals surface area contributed by atoms with Gasteiger partial charge in [-0.2, -0.15) is 0 Å². The van der Waals surface area contributed by atoms with Crippen LogP contribution in [0.2, 0.25) is 0 Å². The van der Waals surface area contributed by atoms with Crippen LogP contribution in [0, 0.1) is 0 Å². The highest BCUT2D eigenvalue weighted by molar-refractivity contribution is 7.19. The number of nitrogens with zero attached hydrogens (tertiary/aromatic N) is 3. The summed E-state index contributed by atoms with van der Waals surface area (Å²) in [5.74, 6) is 0.958. The number of piperidine rings is 1. The van der Waals surface area contributed by atoms with Crippen LogP contribution in [0.25, 0.3) is 10.2 Å². The van der Waals surface area contributed by atoms with Gasteiger partial charge in [0.25, 0.3) is 0 Å². The fourth-order valence-corrected chi connectivity index (χ4v) is 5.46. The second kappa shape index (κ2) is 8.03. The van der Waals surface area contributed by atoms with Crippen molar-refractivity contribution in [1.29, 1.82) is 0 Å². The SMILES string of the molecule is Cl.c1nc(Nc2ccc(N3CCCCC3)cc2)c2c3c(sc2n1)CCCC3. The number of halogens is 1. The van der Waals surface area contributed by atoms with E-state index >= 15 is 0 Å². The average molecular weight is 401 g/mol. The zero-order chi connectivity index (χ0) is 17.3. The number of anilines is 3. The topological polar surface area (TPSA) is 41.1 Å². The van der Waals surface area contributed by atoms with E-state index in [0.29, 0.717) is 0 Å². The number of benzene rings is 1. The van der Waals surface area contributed by atoms with Gasteiger partial charge in [-0.1, -0.05) is 0 Å². The van der Waals surface area contributed by atoms with Crippen LogP contribution in [0.5, 0.6) is 0 Å². The number of aromatic nitrogens is 2. The van der Waals surface area contributed by atoms with E-state index in [9.17, 15) is 0 Å². The van der Waals surface area contributed by atoms with Crippen molar-refractivity contribution in [3.05, 3.63) is 41.0 Å². The molecular formula is C21H25ClN4S. The molecule has 2 aromatic heterocycles. The van der Waals surface area contributed by atoms with Crippen LogP contribution in [-0.2, 0) is 12.8 Å². The van der Waals surface area contributed by atoms with Crippen molar-refractivity contribution in [2.24, 2.45) is 0 Å². The molecule has 1 fully saturated rings. The molecule has 6 heteroatoms. The molecule has 1 aliphatic heterocycles. The molecule has 1 N–H and O–H groups in total. The Labute approximate surface area is 170 Å². The first-order valence-corrected chi connectivity index (χ1v) is 10.6. The van der Waals surface area contributed by atoms with Crippen LogP contribution >= 0.6 is 23.7 Å². The molecule has 27 heavy (non-hydrogen) atoms. The molecular weight excluding hydrogens is 376 g/mol. The maximum absolute atomic E-state index is 4.57. The lowest BCUT2D eigenvalue weighted by Crippen LogP contribution is -2.29. The monoisotopic (exact) mass is 400 g/mol. The zero-order valence-corrected chi connectivity index (χ0v) is 17.0. The maximum Gasteiger partial charge on any atom is 0.142 e. The van der Waals surface area contributed by atoms with Gasteiger partial charge in [-0.05, 0) is 74.8 Å². The largest absolute Gasteiger partial charge is 0.372 e. The Balaban J connectivity index is 0.00000180. The zero-order valence-electron chi connectivity index (χ0n) is 15.4. The van der Waals surface area contributed by atoms with E-state index < -0.39 is 0 Å². The Hall–Kier alpha value is -1.85. The van der Waals surface area contributed by atoms with Crippen molar-refractivity contribution in [3.63, 3.8) is 0 Å². The van der Waals surface area contributed by atoms with E-state index in [4.69, 9.17) is 0 Å². The van der Waals surface area contributed by atoms with Gasteiger partial charge in [0.15, 0.2) is 0 Å². The Kier molecular flexibility index (Phi) is 5.50. The van der Waals surface area contributed by atoms with Gasteiger partial charge < -0.3 is 10.2 Å². The molecule has 1 aromatic carbocycles. The minimum atomic E-state index is 0. The van der Waals surface area contributed by atoms with Gasteiger partial charge in [0, 0.05) is 29.3 Å². The Morgan fingerprint density at radius 1 is 0.889 bits per heavy atom. The Bertz CT molecular complexity index is 916. The summed E-state index contributed by atoms with van der Waals surface area (Å²) in [6.07, 6.45) is 10.6. The number of nitrogens with one attached hydrogen (secondary N) is 1. The van der Waals surface area contributed by atoms with E-state index in [1.54, 1.807) is 6.33 Å². The van der Waals surface area contributed by atoms with E-state index in [1.165, 1.54) is 73.1 Å². The number of hydrogen-bond acceptors (Lipinski definition) is 5. The summed E-state index contributed by atoms with van der Waals surface area (Å²) in [5.41, 5.74) is 3.90. The molecule has 3 aromatic rings. The standard InChI is InChI=1S/C21H24N4S.ClH/c1-4-12-25(13-5-1)16-10-8-15(9-11-16)24-20-19-17-6-2-3-7-18(17)26-21(19)23-14-22-20;/h8-11,14H,1-7,12-13H2,(H,22,23,24);1H. The highest BCUT2D eigenvalue weighted by Crippen LogP contribution is 2.39. The first-order chi connectivity index (χ1) is 12.9. The summed E-state index contributed by atoms with van der Waals surface area (Å²) in [5, 5.41) is 4.79. The summed E-state index contributed by atoms with van der Waals surface area (Å²) in [6, 6.07) is 8.82. The summed E-state index contributed by atoms with van der Waals surface area (Å²) >= 11 is 1.85. The first-order valence-electron chi connectivity index (χ1n) is 9.76. The van der Waals surface area contributed by atoms with Gasteiger partial charge in [0.05, 0.1) is 5.39 Å². The van der Waals surface area contributed by atoms with Gasteiger partial charge in [0.2, 0.25) is 0 Å². The number of hydrogen-bond donors (Lipinski definition) is 1. The summed E-state index contributed by atoms with van der Waals surface area (Å²) < 4.78 is 0. The van der Waals surface area contributed by atoms with Crippen molar-refractivity contribution in [1.82, 2.24) is 9.97 Å². The number of thiophene rings is 1. The predicted molar refractivity (Wildman–Crippen MR) is 117 cm³/mol. The van der Waals surface area contributed by atoms with Crippen LogP contribution in [0.15, 0.2) is 30.6 Å². The molecule has 5 rings (SSSR count). The Morgan fingerprint density at radius 3 is 2.48 bits per heavy atom. The quantitative estimate of drug-likeness (QED) is 0.609. The molecule has 1 saturated heterocycles. The smallest absolute Gasteiger partial charge is 0.142 e. The van der Waals surface area contributed by atoms with E-state index in [0.717, 1.165) is 22.8 Å². The van der Waals surface area contributed by atoms with Crippen LogP contribution in [-0.4, -0.2) is 23.1 Å². The third-order valence-corrected chi connectivity index (χ3v) is 6.80. The van der Waals surface area contributed by atoms with Crippen molar-refractivity contribution in [3.8, 4) is 0 Å². The molecule has 0 saturated carbocycles. The van der Waals surface area contributed by atoms with Gasteiger partial charge in [-0.15, -0.1) is 23.7 Å². The molecule has 0 unspecified atom stereocenters. The van der Waals surface area contributed by atoms with Crippen LogP contribution < -0.4 is 10.2 Å². The third kappa shape index (κ3) is 3.63. The molecule has 142 valence electrons. The van der Waals surface area contributed by atoms with Gasteiger partial charge in [0.1, 0.15) is 17.0 Å². The minimum absolute atomic E-state index is 0. The van der Waals surface area contributed by atoms with E-state index in [2.05, 4.69) is 44.5 Å². The number of fused-ring (bicyclic) bond motifs is 3. The fourth-order valence-electron chi connectivity index (χ4n) is 4.23. The number of aryl methyl sites for hydroxylation is 2. The molecule has 4 nitrogen and oxygen atoms in total. The van der Waals surface area contributed by atoms with Crippen molar-refractivity contribution in [2.75, 3.05) is 23.3 Å². The highest BCUT2D eigenvalue weighted by atomic mass is 35.5.